The number of nitrogens with one attached hydrogen (secondary N) is 1. The van der Waals surface area contributed by atoms with Crippen LogP contribution < -0.4 is 10.1 Å². The van der Waals surface area contributed by atoms with Crippen molar-refractivity contribution in [3.05, 3.63) is 29.9 Å². The normalized spacial score (nSPS) is 14.5. The Morgan fingerprint density at radius 1 is 1.40 bits per heavy atom. The van der Waals surface area contributed by atoms with Crippen LogP contribution in [0.5, 0.6) is 5.75 Å². The van der Waals surface area contributed by atoms with E-state index in [1.165, 1.54) is 26.0 Å². The highest BCUT2D eigenvalue weighted by Gasteiger charge is 2.21. The fourth-order valence-corrected chi connectivity index (χ4v) is 2.01. The van der Waals surface area contributed by atoms with Gasteiger partial charge in [-0.3, -0.25) is 0 Å². The molecule has 1 heterocycles. The first-order valence-electron chi connectivity index (χ1n) is 6.66. The van der Waals surface area contributed by atoms with Crippen LogP contribution in [-0.2, 0) is 6.42 Å². The molecule has 20 heavy (non-hydrogen) atoms. The Morgan fingerprint density at radius 3 is 3.00 bits per heavy atom. The largest absolute Gasteiger partial charge is 0.496 e. The van der Waals surface area contributed by atoms with Gasteiger partial charge in [0.1, 0.15) is 17.1 Å². The van der Waals surface area contributed by atoms with Gasteiger partial charge in [0.05, 0.1) is 7.11 Å². The monoisotopic (exact) mass is 277 g/mol. The van der Waals surface area contributed by atoms with E-state index >= 15 is 0 Å². The average molecular weight is 277 g/mol. The van der Waals surface area contributed by atoms with Gasteiger partial charge in [0.25, 0.3) is 5.89 Å². The number of aromatic nitrogens is 2. The number of hydrogen-bond acceptors (Lipinski definition) is 5. The summed E-state index contributed by atoms with van der Waals surface area (Å²) in [6, 6.07) is 5.23. The zero-order chi connectivity index (χ0) is 13.9. The van der Waals surface area contributed by atoms with Crippen molar-refractivity contribution >= 4 is 0 Å². The Balaban J connectivity index is 1.75. The quantitative estimate of drug-likeness (QED) is 0.877. The highest BCUT2D eigenvalue weighted by Crippen LogP contribution is 2.31. The molecule has 0 radical (unpaired) electrons. The first-order valence-corrected chi connectivity index (χ1v) is 6.66. The Labute approximate surface area is 116 Å². The molecule has 1 fully saturated rings. The molecule has 1 aliphatic rings. The molecule has 0 amide bonds. The molecule has 6 heteroatoms. The summed E-state index contributed by atoms with van der Waals surface area (Å²) >= 11 is 0. The fraction of sp³-hybridized carbons (Fsp3) is 0.429. The minimum atomic E-state index is -0.435. The molecule has 1 saturated carbocycles. The molecule has 0 aliphatic heterocycles. The third kappa shape index (κ3) is 2.80. The number of rotatable bonds is 6. The van der Waals surface area contributed by atoms with E-state index in [0.29, 0.717) is 24.1 Å². The predicted molar refractivity (Wildman–Crippen MR) is 71.0 cm³/mol. The van der Waals surface area contributed by atoms with Crippen LogP contribution >= 0.6 is 0 Å². The van der Waals surface area contributed by atoms with E-state index in [4.69, 9.17) is 9.15 Å². The molecule has 3 rings (SSSR count). The SMILES string of the molecule is COc1cccc(F)c1-c1nnc(CCNC2CC2)o1. The molecule has 1 aliphatic carbocycles. The highest BCUT2D eigenvalue weighted by atomic mass is 19.1. The van der Waals surface area contributed by atoms with Crippen LogP contribution in [0, 0.1) is 5.82 Å². The fourth-order valence-electron chi connectivity index (χ4n) is 2.01. The second kappa shape index (κ2) is 5.58. The minimum Gasteiger partial charge on any atom is -0.496 e. The average Bonchev–Trinajstić information content (AvgIpc) is 3.16. The number of hydrogen-bond donors (Lipinski definition) is 1. The maximum atomic E-state index is 13.9. The van der Waals surface area contributed by atoms with Gasteiger partial charge in [-0.05, 0) is 25.0 Å². The van der Waals surface area contributed by atoms with Gasteiger partial charge in [0.2, 0.25) is 5.89 Å². The molecular weight excluding hydrogens is 261 g/mol. The van der Waals surface area contributed by atoms with Crippen LogP contribution in [-0.4, -0.2) is 29.9 Å². The van der Waals surface area contributed by atoms with Gasteiger partial charge in [-0.25, -0.2) is 4.39 Å². The van der Waals surface area contributed by atoms with Crippen molar-refractivity contribution < 1.29 is 13.5 Å². The maximum Gasteiger partial charge on any atom is 0.254 e. The Bertz CT molecular complexity index is 596. The Hall–Kier alpha value is -1.95. The molecule has 5 nitrogen and oxygen atoms in total. The summed E-state index contributed by atoms with van der Waals surface area (Å²) in [5, 5.41) is 11.2. The first-order chi connectivity index (χ1) is 9.78. The van der Waals surface area contributed by atoms with E-state index < -0.39 is 5.82 Å². The second-order valence-corrected chi connectivity index (χ2v) is 4.80. The first kappa shape index (κ1) is 13.1. The van der Waals surface area contributed by atoms with E-state index in [0.717, 1.165) is 6.54 Å². The lowest BCUT2D eigenvalue weighted by Gasteiger charge is -2.05. The van der Waals surface area contributed by atoms with E-state index in [2.05, 4.69) is 15.5 Å². The van der Waals surface area contributed by atoms with Gasteiger partial charge in [-0.2, -0.15) is 0 Å². The van der Waals surface area contributed by atoms with Crippen LogP contribution in [0.1, 0.15) is 18.7 Å². The molecule has 0 spiro atoms. The number of nitrogens with zero attached hydrogens (tertiary/aromatic N) is 2. The Morgan fingerprint density at radius 2 is 2.25 bits per heavy atom. The summed E-state index contributed by atoms with van der Waals surface area (Å²) in [5.41, 5.74) is 0.212. The van der Waals surface area contributed by atoms with Crippen molar-refractivity contribution in [3.63, 3.8) is 0 Å². The molecular formula is C14H16FN3O2. The lowest BCUT2D eigenvalue weighted by molar-refractivity contribution is 0.409. The lowest BCUT2D eigenvalue weighted by Crippen LogP contribution is -2.19. The van der Waals surface area contributed by atoms with Gasteiger partial charge >= 0.3 is 0 Å². The molecule has 0 saturated heterocycles. The maximum absolute atomic E-state index is 13.9. The van der Waals surface area contributed by atoms with Gasteiger partial charge in [-0.15, -0.1) is 10.2 Å². The van der Waals surface area contributed by atoms with Crippen LogP contribution in [0.3, 0.4) is 0 Å². The lowest BCUT2D eigenvalue weighted by atomic mass is 10.2. The Kier molecular flexibility index (Phi) is 3.64. The van der Waals surface area contributed by atoms with Gasteiger partial charge in [0, 0.05) is 19.0 Å². The van der Waals surface area contributed by atoms with Crippen molar-refractivity contribution in [2.75, 3.05) is 13.7 Å². The predicted octanol–water partition coefficient (Wildman–Crippen LogP) is 2.18. The standard InChI is InChI=1S/C14H16FN3O2/c1-19-11-4-2-3-10(15)13(11)14-18-17-12(20-14)7-8-16-9-5-6-9/h2-4,9,16H,5-8H2,1H3. The number of methoxy groups -OCH3 is 1. The summed E-state index contributed by atoms with van der Waals surface area (Å²) in [6.45, 7) is 0.792. The van der Waals surface area contributed by atoms with E-state index in [1.54, 1.807) is 12.1 Å². The van der Waals surface area contributed by atoms with Crippen LogP contribution in [0.4, 0.5) is 4.39 Å². The van der Waals surface area contributed by atoms with Crippen LogP contribution in [0.15, 0.2) is 22.6 Å². The molecule has 0 atom stereocenters. The third-order valence-electron chi connectivity index (χ3n) is 3.23. The van der Waals surface area contributed by atoms with E-state index in [9.17, 15) is 4.39 Å². The molecule has 1 aromatic carbocycles. The van der Waals surface area contributed by atoms with E-state index in [1.807, 2.05) is 0 Å². The summed E-state index contributed by atoms with van der Waals surface area (Å²) in [6.07, 6.45) is 3.11. The molecule has 1 aromatic heterocycles. The van der Waals surface area contributed by atoms with E-state index in [-0.39, 0.29) is 11.5 Å². The summed E-state index contributed by atoms with van der Waals surface area (Å²) < 4.78 is 24.5. The number of halogens is 1. The molecule has 2 aromatic rings. The van der Waals surface area contributed by atoms with Crippen molar-refractivity contribution in [2.45, 2.75) is 25.3 Å². The van der Waals surface area contributed by atoms with Gasteiger partial charge < -0.3 is 14.5 Å². The number of benzene rings is 1. The molecule has 0 unspecified atom stereocenters. The molecule has 1 N–H and O–H groups in total. The van der Waals surface area contributed by atoms with Crippen molar-refractivity contribution in [2.24, 2.45) is 0 Å². The van der Waals surface area contributed by atoms with Crippen molar-refractivity contribution in [1.82, 2.24) is 15.5 Å². The van der Waals surface area contributed by atoms with Gasteiger partial charge in [-0.1, -0.05) is 6.07 Å². The molecule has 0 bridgehead atoms. The number of ether oxygens (including phenoxy) is 1. The second-order valence-electron chi connectivity index (χ2n) is 4.80. The van der Waals surface area contributed by atoms with Crippen molar-refractivity contribution in [3.8, 4) is 17.2 Å². The third-order valence-corrected chi connectivity index (χ3v) is 3.23. The smallest absolute Gasteiger partial charge is 0.254 e. The summed E-state index contributed by atoms with van der Waals surface area (Å²) in [7, 11) is 1.48. The topological polar surface area (TPSA) is 60.2 Å². The minimum absolute atomic E-state index is 0.154. The summed E-state index contributed by atoms with van der Waals surface area (Å²) in [4.78, 5) is 0. The zero-order valence-electron chi connectivity index (χ0n) is 11.2. The highest BCUT2D eigenvalue weighted by molar-refractivity contribution is 5.63. The van der Waals surface area contributed by atoms with Crippen molar-refractivity contribution in [1.29, 1.82) is 0 Å². The zero-order valence-corrected chi connectivity index (χ0v) is 11.2. The van der Waals surface area contributed by atoms with Gasteiger partial charge in [0.15, 0.2) is 0 Å². The summed E-state index contributed by atoms with van der Waals surface area (Å²) in [5.74, 6) is 0.604. The van der Waals surface area contributed by atoms with Crippen LogP contribution in [0.2, 0.25) is 0 Å². The van der Waals surface area contributed by atoms with Crippen LogP contribution in [0.25, 0.3) is 11.5 Å². The molecule has 106 valence electrons.